The van der Waals surface area contributed by atoms with Crippen molar-refractivity contribution < 1.29 is 13.9 Å². The molecule has 0 saturated carbocycles. The fraction of sp³-hybridized carbons (Fsp3) is 0.529. The Hall–Kier alpha value is -2.12. The highest BCUT2D eigenvalue weighted by molar-refractivity contribution is 5.91. The molecule has 7 heteroatoms. The number of amides is 1. The van der Waals surface area contributed by atoms with Crippen LogP contribution in [0, 0.1) is 0 Å². The average molecular weight is 330 g/mol. The van der Waals surface area contributed by atoms with E-state index in [0.29, 0.717) is 18.3 Å². The minimum atomic E-state index is -0.152. The van der Waals surface area contributed by atoms with Gasteiger partial charge in [-0.15, -0.1) is 0 Å². The van der Waals surface area contributed by atoms with Crippen LogP contribution in [0.25, 0.3) is 0 Å². The molecule has 2 saturated heterocycles. The van der Waals surface area contributed by atoms with Crippen LogP contribution in [0.1, 0.15) is 29.7 Å². The average Bonchev–Trinajstić information content (AvgIpc) is 3.27. The maximum absolute atomic E-state index is 12.4. The van der Waals surface area contributed by atoms with Gasteiger partial charge in [-0.3, -0.25) is 14.4 Å². The van der Waals surface area contributed by atoms with Crippen molar-refractivity contribution in [3.8, 4) is 0 Å². The van der Waals surface area contributed by atoms with Crippen LogP contribution in [0.3, 0.4) is 0 Å². The van der Waals surface area contributed by atoms with E-state index in [0.717, 1.165) is 31.9 Å². The van der Waals surface area contributed by atoms with Crippen LogP contribution in [-0.2, 0) is 11.3 Å². The summed E-state index contributed by atoms with van der Waals surface area (Å²) in [5, 5.41) is 7.22. The second kappa shape index (κ2) is 6.41. The highest BCUT2D eigenvalue weighted by Crippen LogP contribution is 2.23. The lowest BCUT2D eigenvalue weighted by Crippen LogP contribution is -2.45. The molecule has 4 heterocycles. The van der Waals surface area contributed by atoms with Gasteiger partial charge in [-0.05, 0) is 31.5 Å². The van der Waals surface area contributed by atoms with Crippen molar-refractivity contribution in [2.75, 3.05) is 19.7 Å². The molecule has 0 bridgehead atoms. The Balaban J connectivity index is 1.34. The molecule has 0 spiro atoms. The van der Waals surface area contributed by atoms with E-state index < -0.39 is 0 Å². The van der Waals surface area contributed by atoms with Crippen molar-refractivity contribution in [3.05, 3.63) is 42.1 Å². The molecule has 2 fully saturated rings. The molecular weight excluding hydrogens is 308 g/mol. The highest BCUT2D eigenvalue weighted by Gasteiger charge is 2.37. The minimum Gasteiger partial charge on any atom is -0.454 e. The first kappa shape index (κ1) is 15.4. The molecule has 0 aliphatic carbocycles. The summed E-state index contributed by atoms with van der Waals surface area (Å²) in [5.74, 6) is 0.919. The molecule has 24 heavy (non-hydrogen) atoms. The van der Waals surface area contributed by atoms with Crippen molar-refractivity contribution in [3.63, 3.8) is 0 Å². The number of nitrogens with one attached hydrogen (secondary N) is 1. The molecule has 0 unspecified atom stereocenters. The van der Waals surface area contributed by atoms with Gasteiger partial charge in [0.1, 0.15) is 5.76 Å². The van der Waals surface area contributed by atoms with Gasteiger partial charge in [0.25, 0.3) is 5.91 Å². The summed E-state index contributed by atoms with van der Waals surface area (Å²) in [6.45, 7) is 5.18. The Morgan fingerprint density at radius 2 is 2.33 bits per heavy atom. The summed E-state index contributed by atoms with van der Waals surface area (Å²) in [6, 6.07) is 5.97. The van der Waals surface area contributed by atoms with E-state index >= 15 is 0 Å². The quantitative estimate of drug-likeness (QED) is 0.909. The van der Waals surface area contributed by atoms with Gasteiger partial charge in [0.2, 0.25) is 0 Å². The molecule has 2 aliphatic heterocycles. The van der Waals surface area contributed by atoms with E-state index in [1.807, 2.05) is 18.3 Å². The predicted molar refractivity (Wildman–Crippen MR) is 86.7 cm³/mol. The summed E-state index contributed by atoms with van der Waals surface area (Å²) in [4.78, 5) is 14.8. The Morgan fingerprint density at radius 1 is 1.42 bits per heavy atom. The lowest BCUT2D eigenvalue weighted by Gasteiger charge is -2.33. The molecule has 7 nitrogen and oxygen atoms in total. The van der Waals surface area contributed by atoms with Crippen LogP contribution in [0.15, 0.2) is 35.0 Å². The number of carbonyl (C=O) groups excluding carboxylic acids is 1. The lowest BCUT2D eigenvalue weighted by atomic mass is 10.1. The first-order chi connectivity index (χ1) is 11.7. The maximum atomic E-state index is 12.4. The van der Waals surface area contributed by atoms with Crippen molar-refractivity contribution in [2.45, 2.75) is 38.1 Å². The third-order valence-electron chi connectivity index (χ3n) is 4.69. The fourth-order valence-corrected chi connectivity index (χ4v) is 3.54. The van der Waals surface area contributed by atoms with Crippen molar-refractivity contribution in [1.82, 2.24) is 20.0 Å². The third-order valence-corrected chi connectivity index (χ3v) is 4.69. The van der Waals surface area contributed by atoms with Crippen LogP contribution in [-0.4, -0.2) is 58.5 Å². The second-order valence-electron chi connectivity index (χ2n) is 6.63. The smallest absolute Gasteiger partial charge is 0.287 e. The van der Waals surface area contributed by atoms with E-state index in [-0.39, 0.29) is 18.1 Å². The number of rotatable bonds is 4. The summed E-state index contributed by atoms with van der Waals surface area (Å²) in [7, 11) is 0. The van der Waals surface area contributed by atoms with Crippen LogP contribution < -0.4 is 5.32 Å². The Kier molecular flexibility index (Phi) is 4.12. The Bertz CT molecular complexity index is 697. The summed E-state index contributed by atoms with van der Waals surface area (Å²) >= 11 is 0. The topological polar surface area (TPSA) is 72.5 Å². The number of furan rings is 1. The van der Waals surface area contributed by atoms with Crippen LogP contribution in [0.5, 0.6) is 0 Å². The van der Waals surface area contributed by atoms with Gasteiger partial charge in [-0.1, -0.05) is 0 Å². The number of aromatic nitrogens is 2. The number of hydrogen-bond donors (Lipinski definition) is 1. The number of fused-ring (bicyclic) bond motifs is 1. The monoisotopic (exact) mass is 330 g/mol. The van der Waals surface area contributed by atoms with Gasteiger partial charge in [0.05, 0.1) is 19.3 Å². The zero-order chi connectivity index (χ0) is 16.5. The summed E-state index contributed by atoms with van der Waals surface area (Å²) < 4.78 is 13.1. The van der Waals surface area contributed by atoms with Gasteiger partial charge in [0, 0.05) is 37.6 Å². The van der Waals surface area contributed by atoms with Crippen molar-refractivity contribution >= 4 is 5.91 Å². The normalized spacial score (nSPS) is 27.1. The molecular formula is C17H22N4O3. The largest absolute Gasteiger partial charge is 0.454 e. The van der Waals surface area contributed by atoms with E-state index in [1.165, 1.54) is 0 Å². The lowest BCUT2D eigenvalue weighted by molar-refractivity contribution is -0.0390. The molecule has 1 amide bonds. The first-order valence-electron chi connectivity index (χ1n) is 8.40. The third kappa shape index (κ3) is 3.22. The Labute approximate surface area is 140 Å². The van der Waals surface area contributed by atoms with Crippen LogP contribution >= 0.6 is 0 Å². The van der Waals surface area contributed by atoms with E-state index in [9.17, 15) is 4.79 Å². The van der Waals surface area contributed by atoms with Gasteiger partial charge < -0.3 is 14.5 Å². The summed E-state index contributed by atoms with van der Waals surface area (Å²) in [6.07, 6.45) is 4.78. The molecule has 1 N–H and O–H groups in total. The fourth-order valence-electron chi connectivity index (χ4n) is 3.54. The van der Waals surface area contributed by atoms with Crippen LogP contribution in [0.2, 0.25) is 0 Å². The SMILES string of the molecule is C[C@H]1CN2C[C@H](NC(=O)c3ccc(Cn4cccn4)o3)C[C@H]2CO1. The molecule has 0 radical (unpaired) electrons. The standard InChI is InChI=1S/C17H22N4O3/c1-12-8-20-9-13(7-14(20)11-23-12)19-17(22)16-4-3-15(24-16)10-21-6-2-5-18-21/h2-6,12-14H,7-11H2,1H3,(H,19,22)/t12-,13+,14-/m0/s1. The minimum absolute atomic E-state index is 0.149. The van der Waals surface area contributed by atoms with E-state index in [4.69, 9.17) is 9.15 Å². The molecule has 128 valence electrons. The van der Waals surface area contributed by atoms with Gasteiger partial charge in [-0.2, -0.15) is 5.10 Å². The molecule has 2 aromatic rings. The second-order valence-corrected chi connectivity index (χ2v) is 6.63. The van der Waals surface area contributed by atoms with Gasteiger partial charge in [0.15, 0.2) is 5.76 Å². The first-order valence-corrected chi connectivity index (χ1v) is 8.40. The number of morpholine rings is 1. The zero-order valence-electron chi connectivity index (χ0n) is 13.7. The number of nitrogens with zero attached hydrogens (tertiary/aromatic N) is 3. The Morgan fingerprint density at radius 3 is 3.17 bits per heavy atom. The number of ether oxygens (including phenoxy) is 1. The van der Waals surface area contributed by atoms with Crippen molar-refractivity contribution in [2.24, 2.45) is 0 Å². The van der Waals surface area contributed by atoms with Gasteiger partial charge >= 0.3 is 0 Å². The van der Waals surface area contributed by atoms with Gasteiger partial charge in [-0.25, -0.2) is 0 Å². The van der Waals surface area contributed by atoms with Crippen LogP contribution in [0.4, 0.5) is 0 Å². The predicted octanol–water partition coefficient (Wildman–Crippen LogP) is 1.12. The summed E-state index contributed by atoms with van der Waals surface area (Å²) in [5.41, 5.74) is 0. The molecule has 0 aromatic carbocycles. The molecule has 2 aromatic heterocycles. The van der Waals surface area contributed by atoms with E-state index in [2.05, 4.69) is 22.2 Å². The number of carbonyl (C=O) groups is 1. The van der Waals surface area contributed by atoms with E-state index in [1.54, 1.807) is 16.9 Å². The zero-order valence-corrected chi connectivity index (χ0v) is 13.7. The molecule has 2 aliphatic rings. The maximum Gasteiger partial charge on any atom is 0.287 e. The molecule has 4 rings (SSSR count). The molecule has 3 atom stereocenters. The number of hydrogen-bond acceptors (Lipinski definition) is 5. The van der Waals surface area contributed by atoms with Crippen molar-refractivity contribution in [1.29, 1.82) is 0 Å². The highest BCUT2D eigenvalue weighted by atomic mass is 16.5.